The molecule has 1 unspecified atom stereocenters. The zero-order valence-corrected chi connectivity index (χ0v) is 7.47. The number of carbonyl (C=O) groups excluding carboxylic acids is 1. The van der Waals surface area contributed by atoms with Gasteiger partial charge in [-0.2, -0.15) is 0 Å². The van der Waals surface area contributed by atoms with Crippen molar-refractivity contribution in [3.8, 4) is 0 Å². The summed E-state index contributed by atoms with van der Waals surface area (Å²) in [5.74, 6) is 0.672. The molecular formula is C10H17O. The smallest absolute Gasteiger partial charge is 0.145 e. The Morgan fingerprint density at radius 2 is 2.27 bits per heavy atom. The molecule has 0 heterocycles. The van der Waals surface area contributed by atoms with Gasteiger partial charge in [0.25, 0.3) is 0 Å². The summed E-state index contributed by atoms with van der Waals surface area (Å²) in [4.78, 5) is 10.2. The molecule has 0 aliphatic carbocycles. The largest absolute Gasteiger partial charge is 0.298 e. The van der Waals surface area contributed by atoms with Crippen molar-refractivity contribution in [2.75, 3.05) is 0 Å². The highest BCUT2D eigenvalue weighted by atomic mass is 16.1. The standard InChI is InChI=1S/C10H17O/c1-4-9(2)6-5-7-10(3)8-11/h7-9H,1,4-6H2,2-3H3/b10-7+. The summed E-state index contributed by atoms with van der Waals surface area (Å²) in [5.41, 5.74) is 0.835. The molecule has 63 valence electrons. The van der Waals surface area contributed by atoms with Crippen LogP contribution in [0.25, 0.3) is 0 Å². The monoisotopic (exact) mass is 153 g/mol. The molecule has 1 nitrogen and oxygen atoms in total. The Morgan fingerprint density at radius 3 is 2.73 bits per heavy atom. The lowest BCUT2D eigenvalue weighted by Gasteiger charge is -2.04. The quantitative estimate of drug-likeness (QED) is 0.438. The van der Waals surface area contributed by atoms with E-state index in [1.54, 1.807) is 0 Å². The first-order chi connectivity index (χ1) is 5.20. The van der Waals surface area contributed by atoms with Crippen molar-refractivity contribution in [1.29, 1.82) is 0 Å². The molecule has 0 aliphatic rings. The van der Waals surface area contributed by atoms with Crippen LogP contribution in [0.2, 0.25) is 0 Å². The average molecular weight is 153 g/mol. The highest BCUT2D eigenvalue weighted by molar-refractivity contribution is 5.71. The molecule has 0 rings (SSSR count). The van der Waals surface area contributed by atoms with Crippen LogP contribution >= 0.6 is 0 Å². The summed E-state index contributed by atoms with van der Waals surface area (Å²) < 4.78 is 0. The minimum absolute atomic E-state index is 0.672. The van der Waals surface area contributed by atoms with Gasteiger partial charge in [0.1, 0.15) is 6.29 Å². The van der Waals surface area contributed by atoms with Crippen LogP contribution in [0.5, 0.6) is 0 Å². The molecular weight excluding hydrogens is 136 g/mol. The van der Waals surface area contributed by atoms with Crippen molar-refractivity contribution >= 4 is 6.29 Å². The summed E-state index contributed by atoms with van der Waals surface area (Å²) >= 11 is 0. The number of hydrogen-bond donors (Lipinski definition) is 0. The van der Waals surface area contributed by atoms with Crippen LogP contribution in [-0.2, 0) is 4.79 Å². The molecule has 0 saturated heterocycles. The summed E-state index contributed by atoms with van der Waals surface area (Å²) in [5, 5.41) is 0. The maximum absolute atomic E-state index is 10.2. The van der Waals surface area contributed by atoms with E-state index in [0.29, 0.717) is 5.92 Å². The average Bonchev–Trinajstić information content (AvgIpc) is 2.04. The van der Waals surface area contributed by atoms with Crippen LogP contribution in [0.4, 0.5) is 0 Å². The van der Waals surface area contributed by atoms with E-state index >= 15 is 0 Å². The number of carbonyl (C=O) groups is 1. The third-order valence-corrected chi connectivity index (χ3v) is 1.80. The number of hydrogen-bond acceptors (Lipinski definition) is 1. The first-order valence-corrected chi connectivity index (χ1v) is 4.12. The van der Waals surface area contributed by atoms with Crippen molar-refractivity contribution in [1.82, 2.24) is 0 Å². The second kappa shape index (κ2) is 6.14. The molecule has 0 bridgehead atoms. The van der Waals surface area contributed by atoms with E-state index in [1.165, 1.54) is 0 Å². The number of allylic oxidation sites excluding steroid dienone is 2. The van der Waals surface area contributed by atoms with E-state index in [2.05, 4.69) is 13.8 Å². The molecule has 0 aromatic heterocycles. The third-order valence-electron chi connectivity index (χ3n) is 1.80. The maximum atomic E-state index is 10.2. The fourth-order valence-electron chi connectivity index (χ4n) is 0.788. The zero-order chi connectivity index (χ0) is 8.69. The lowest BCUT2D eigenvalue weighted by Crippen LogP contribution is -1.90. The van der Waals surface area contributed by atoms with Gasteiger partial charge in [0.2, 0.25) is 0 Å². The van der Waals surface area contributed by atoms with Gasteiger partial charge >= 0.3 is 0 Å². The number of aldehydes is 1. The lowest BCUT2D eigenvalue weighted by atomic mass is 10.0. The van der Waals surface area contributed by atoms with Gasteiger partial charge in [-0.1, -0.05) is 26.3 Å². The molecule has 0 spiro atoms. The Kier molecular flexibility index (Phi) is 5.81. The first kappa shape index (κ1) is 10.4. The van der Waals surface area contributed by atoms with Gasteiger partial charge in [-0.3, -0.25) is 4.79 Å². The maximum Gasteiger partial charge on any atom is 0.145 e. The predicted octanol–water partition coefficient (Wildman–Crippen LogP) is 2.77. The molecule has 1 radical (unpaired) electrons. The first-order valence-electron chi connectivity index (χ1n) is 4.12. The van der Waals surface area contributed by atoms with Gasteiger partial charge in [-0.25, -0.2) is 0 Å². The van der Waals surface area contributed by atoms with Gasteiger partial charge < -0.3 is 0 Å². The molecule has 0 fully saturated rings. The zero-order valence-electron chi connectivity index (χ0n) is 7.47. The van der Waals surface area contributed by atoms with Crippen molar-refractivity contribution in [3.05, 3.63) is 18.6 Å². The molecule has 0 amide bonds. The molecule has 11 heavy (non-hydrogen) atoms. The van der Waals surface area contributed by atoms with Crippen LogP contribution in [-0.4, -0.2) is 6.29 Å². The van der Waals surface area contributed by atoms with Crippen LogP contribution in [0.1, 0.15) is 33.1 Å². The Labute approximate surface area is 69.5 Å². The second-order valence-corrected chi connectivity index (χ2v) is 3.04. The van der Waals surface area contributed by atoms with Crippen LogP contribution < -0.4 is 0 Å². The van der Waals surface area contributed by atoms with E-state index in [0.717, 1.165) is 31.1 Å². The molecule has 1 atom stereocenters. The van der Waals surface area contributed by atoms with Crippen LogP contribution in [0.3, 0.4) is 0 Å². The molecule has 0 saturated carbocycles. The van der Waals surface area contributed by atoms with Crippen LogP contribution in [0.15, 0.2) is 11.6 Å². The minimum Gasteiger partial charge on any atom is -0.298 e. The van der Waals surface area contributed by atoms with E-state index in [9.17, 15) is 4.79 Å². The molecule has 0 aromatic carbocycles. The molecule has 0 aliphatic heterocycles. The Balaban J connectivity index is 3.47. The van der Waals surface area contributed by atoms with Crippen molar-refractivity contribution in [2.24, 2.45) is 5.92 Å². The Bertz CT molecular complexity index is 136. The van der Waals surface area contributed by atoms with Crippen molar-refractivity contribution < 1.29 is 4.79 Å². The molecule has 0 N–H and O–H groups in total. The normalized spacial score (nSPS) is 14.6. The fraction of sp³-hybridized carbons (Fsp3) is 0.600. The Morgan fingerprint density at radius 1 is 1.64 bits per heavy atom. The summed E-state index contributed by atoms with van der Waals surface area (Å²) in [6, 6.07) is 0. The summed E-state index contributed by atoms with van der Waals surface area (Å²) in [6.07, 6.45) is 6.00. The molecule has 1 heteroatoms. The third kappa shape index (κ3) is 5.84. The van der Waals surface area contributed by atoms with Gasteiger partial charge in [-0.15, -0.1) is 0 Å². The van der Waals surface area contributed by atoms with Gasteiger partial charge in [0.05, 0.1) is 0 Å². The number of rotatable bonds is 5. The summed E-state index contributed by atoms with van der Waals surface area (Å²) in [7, 11) is 0. The van der Waals surface area contributed by atoms with Crippen molar-refractivity contribution in [2.45, 2.75) is 33.1 Å². The molecule has 0 aromatic rings. The second-order valence-electron chi connectivity index (χ2n) is 3.04. The predicted molar refractivity (Wildman–Crippen MR) is 48.2 cm³/mol. The Hall–Kier alpha value is -0.590. The fourth-order valence-corrected chi connectivity index (χ4v) is 0.788. The minimum atomic E-state index is 0.672. The van der Waals surface area contributed by atoms with E-state index < -0.39 is 0 Å². The van der Waals surface area contributed by atoms with Gasteiger partial charge in [0, 0.05) is 0 Å². The topological polar surface area (TPSA) is 17.1 Å². The van der Waals surface area contributed by atoms with Crippen LogP contribution in [0, 0.1) is 12.8 Å². The van der Waals surface area contributed by atoms with E-state index in [1.807, 2.05) is 13.0 Å². The summed E-state index contributed by atoms with van der Waals surface area (Å²) in [6.45, 7) is 7.83. The highest BCUT2D eigenvalue weighted by Gasteiger charge is 1.95. The SMILES string of the molecule is [CH2]CC(C)CC/C=C(\C)C=O. The van der Waals surface area contributed by atoms with E-state index in [-0.39, 0.29) is 0 Å². The van der Waals surface area contributed by atoms with Crippen molar-refractivity contribution in [3.63, 3.8) is 0 Å². The lowest BCUT2D eigenvalue weighted by molar-refractivity contribution is -0.104. The van der Waals surface area contributed by atoms with Gasteiger partial charge in [-0.05, 0) is 31.3 Å². The highest BCUT2D eigenvalue weighted by Crippen LogP contribution is 2.09. The van der Waals surface area contributed by atoms with Gasteiger partial charge in [0.15, 0.2) is 0 Å². The van der Waals surface area contributed by atoms with E-state index in [4.69, 9.17) is 0 Å².